The number of fused-ring (bicyclic) bond motifs is 1. The zero-order chi connectivity index (χ0) is 20.6. The molecule has 1 aliphatic rings. The number of nitrogens with two attached hydrogens (primary N) is 1. The lowest BCUT2D eigenvalue weighted by atomic mass is 10.2. The third kappa shape index (κ3) is 4.18. The number of rotatable bonds is 5. The molecule has 2 heterocycles. The fourth-order valence-electron chi connectivity index (χ4n) is 3.70. The van der Waals surface area contributed by atoms with E-state index >= 15 is 0 Å². The Morgan fingerprint density at radius 3 is 2.83 bits per heavy atom. The van der Waals surface area contributed by atoms with Gasteiger partial charge < -0.3 is 5.32 Å². The van der Waals surface area contributed by atoms with Gasteiger partial charge in [0.05, 0.1) is 27.2 Å². The predicted octanol–water partition coefficient (Wildman–Crippen LogP) is 3.11. The van der Waals surface area contributed by atoms with E-state index < -0.39 is 10.0 Å². The van der Waals surface area contributed by atoms with Gasteiger partial charge >= 0.3 is 0 Å². The van der Waals surface area contributed by atoms with Gasteiger partial charge in [0.1, 0.15) is 5.01 Å². The van der Waals surface area contributed by atoms with Crippen molar-refractivity contribution in [3.8, 4) is 0 Å². The van der Waals surface area contributed by atoms with E-state index in [0.29, 0.717) is 5.69 Å². The zero-order valence-corrected chi connectivity index (χ0v) is 17.5. The molecule has 4 rings (SSSR count). The van der Waals surface area contributed by atoms with Crippen LogP contribution in [0.15, 0.2) is 53.4 Å². The molecule has 1 fully saturated rings. The third-order valence-electron chi connectivity index (χ3n) is 5.20. The number of carbonyl (C=O) groups is 1. The van der Waals surface area contributed by atoms with E-state index in [2.05, 4.69) is 16.3 Å². The second kappa shape index (κ2) is 7.83. The summed E-state index contributed by atoms with van der Waals surface area (Å²) in [7, 11) is -3.82. The number of para-hydroxylation sites is 1. The molecule has 3 aromatic rings. The summed E-state index contributed by atoms with van der Waals surface area (Å²) < 4.78 is 24.2. The number of hydrogen-bond acceptors (Lipinski definition) is 6. The summed E-state index contributed by atoms with van der Waals surface area (Å²) in [5.41, 5.74) is 1.39. The van der Waals surface area contributed by atoms with Crippen molar-refractivity contribution >= 4 is 43.2 Å². The summed E-state index contributed by atoms with van der Waals surface area (Å²) in [6, 6.07) is 13.7. The fourth-order valence-corrected chi connectivity index (χ4v) is 5.38. The molecular formula is C20H22N4O3S2. The molecule has 2 atom stereocenters. The van der Waals surface area contributed by atoms with Crippen molar-refractivity contribution in [3.63, 3.8) is 0 Å². The van der Waals surface area contributed by atoms with Gasteiger partial charge in [0.25, 0.3) is 0 Å². The van der Waals surface area contributed by atoms with Crippen LogP contribution in [-0.2, 0) is 14.8 Å². The smallest absolute Gasteiger partial charge is 0.241 e. The Morgan fingerprint density at radius 2 is 2.07 bits per heavy atom. The largest absolute Gasteiger partial charge is 0.325 e. The van der Waals surface area contributed by atoms with Crippen LogP contribution in [0, 0.1) is 0 Å². The maximum absolute atomic E-state index is 12.9. The average Bonchev–Trinajstić information content (AvgIpc) is 3.33. The third-order valence-corrected chi connectivity index (χ3v) is 7.25. The van der Waals surface area contributed by atoms with E-state index in [4.69, 9.17) is 10.1 Å². The highest BCUT2D eigenvalue weighted by atomic mass is 32.2. The average molecular weight is 431 g/mol. The van der Waals surface area contributed by atoms with Crippen molar-refractivity contribution in [1.29, 1.82) is 0 Å². The Morgan fingerprint density at radius 1 is 1.28 bits per heavy atom. The van der Waals surface area contributed by atoms with Crippen molar-refractivity contribution in [2.24, 2.45) is 5.14 Å². The topological polar surface area (TPSA) is 105 Å². The quantitative estimate of drug-likeness (QED) is 0.647. The fraction of sp³-hybridized carbons (Fsp3) is 0.300. The first-order chi connectivity index (χ1) is 13.8. The predicted molar refractivity (Wildman–Crippen MR) is 114 cm³/mol. The second-order valence-electron chi connectivity index (χ2n) is 7.15. The van der Waals surface area contributed by atoms with Crippen LogP contribution >= 0.6 is 11.3 Å². The van der Waals surface area contributed by atoms with Crippen LogP contribution in [0.1, 0.15) is 30.8 Å². The molecule has 1 saturated heterocycles. The van der Waals surface area contributed by atoms with Gasteiger partial charge in [0.2, 0.25) is 15.9 Å². The summed E-state index contributed by atoms with van der Waals surface area (Å²) in [5, 5.41) is 9.02. The molecular weight excluding hydrogens is 408 g/mol. The molecule has 29 heavy (non-hydrogen) atoms. The van der Waals surface area contributed by atoms with Crippen molar-refractivity contribution in [2.45, 2.75) is 36.7 Å². The van der Waals surface area contributed by atoms with Crippen LogP contribution in [-0.4, -0.2) is 36.8 Å². The standard InChI is InChI=1S/C20H22N4O3S2/c1-13(19(25)22-14-6-4-7-15(12-14)29(21,26)27)24-11-5-9-17(24)20-23-16-8-2-3-10-18(16)28-20/h2-4,6-8,10,12-13,17H,5,9,11H2,1H3,(H,22,25)(H2,21,26,27). The number of nitrogens with one attached hydrogen (secondary N) is 1. The van der Waals surface area contributed by atoms with E-state index in [1.165, 1.54) is 12.1 Å². The van der Waals surface area contributed by atoms with E-state index in [9.17, 15) is 13.2 Å². The monoisotopic (exact) mass is 430 g/mol. The van der Waals surface area contributed by atoms with Crippen LogP contribution in [0.2, 0.25) is 0 Å². The van der Waals surface area contributed by atoms with Crippen LogP contribution in [0.25, 0.3) is 10.2 Å². The SMILES string of the molecule is CC(C(=O)Nc1cccc(S(N)(=O)=O)c1)N1CCCC1c1nc2ccccc2s1. The molecule has 2 aromatic carbocycles. The van der Waals surface area contributed by atoms with Gasteiger partial charge in [-0.3, -0.25) is 9.69 Å². The van der Waals surface area contributed by atoms with Gasteiger partial charge in [-0.1, -0.05) is 18.2 Å². The van der Waals surface area contributed by atoms with Crippen molar-refractivity contribution in [3.05, 3.63) is 53.5 Å². The molecule has 2 unspecified atom stereocenters. The summed E-state index contributed by atoms with van der Waals surface area (Å²) >= 11 is 1.67. The molecule has 3 N–H and O–H groups in total. The number of likely N-dealkylation sites (tertiary alicyclic amines) is 1. The van der Waals surface area contributed by atoms with Gasteiger partial charge in [-0.15, -0.1) is 11.3 Å². The minimum atomic E-state index is -3.82. The summed E-state index contributed by atoms with van der Waals surface area (Å²) in [5.74, 6) is -0.190. The molecule has 0 aliphatic carbocycles. The Hall–Kier alpha value is -2.33. The Labute approximate surface area is 173 Å². The van der Waals surface area contributed by atoms with Crippen LogP contribution in [0.5, 0.6) is 0 Å². The molecule has 7 nitrogen and oxygen atoms in total. The minimum Gasteiger partial charge on any atom is -0.325 e. The van der Waals surface area contributed by atoms with Gasteiger partial charge in [-0.05, 0) is 56.6 Å². The molecule has 1 aromatic heterocycles. The van der Waals surface area contributed by atoms with Crippen molar-refractivity contribution in [1.82, 2.24) is 9.88 Å². The van der Waals surface area contributed by atoms with Gasteiger partial charge in [0, 0.05) is 5.69 Å². The molecule has 0 saturated carbocycles. The highest BCUT2D eigenvalue weighted by Gasteiger charge is 2.34. The number of primary sulfonamides is 1. The maximum atomic E-state index is 12.9. The Balaban J connectivity index is 1.52. The maximum Gasteiger partial charge on any atom is 0.241 e. The van der Waals surface area contributed by atoms with E-state index in [-0.39, 0.29) is 22.9 Å². The highest BCUT2D eigenvalue weighted by molar-refractivity contribution is 7.89. The van der Waals surface area contributed by atoms with Gasteiger partial charge in [-0.25, -0.2) is 18.5 Å². The Kier molecular flexibility index (Phi) is 5.39. The number of carbonyl (C=O) groups excluding carboxylic acids is 1. The zero-order valence-electron chi connectivity index (χ0n) is 15.9. The number of nitrogens with zero attached hydrogens (tertiary/aromatic N) is 2. The van der Waals surface area contributed by atoms with E-state index in [0.717, 1.165) is 34.6 Å². The van der Waals surface area contributed by atoms with Crippen LogP contribution in [0.4, 0.5) is 5.69 Å². The number of amides is 1. The second-order valence-corrected chi connectivity index (χ2v) is 9.78. The first-order valence-electron chi connectivity index (χ1n) is 9.38. The number of hydrogen-bond donors (Lipinski definition) is 2. The van der Waals surface area contributed by atoms with Crippen molar-refractivity contribution in [2.75, 3.05) is 11.9 Å². The molecule has 152 valence electrons. The molecule has 0 radical (unpaired) electrons. The first kappa shape index (κ1) is 20.0. The minimum absolute atomic E-state index is 0.0310. The normalized spacial score (nSPS) is 18.8. The molecule has 0 spiro atoms. The molecule has 1 amide bonds. The lowest BCUT2D eigenvalue weighted by Crippen LogP contribution is -2.41. The van der Waals surface area contributed by atoms with Crippen LogP contribution < -0.4 is 10.5 Å². The lowest BCUT2D eigenvalue weighted by molar-refractivity contribution is -0.121. The summed E-state index contributed by atoms with van der Waals surface area (Å²) in [4.78, 5) is 19.8. The number of thiazole rings is 1. The van der Waals surface area contributed by atoms with E-state index in [1.54, 1.807) is 23.5 Å². The number of sulfonamides is 1. The van der Waals surface area contributed by atoms with Gasteiger partial charge in [-0.2, -0.15) is 0 Å². The van der Waals surface area contributed by atoms with Gasteiger partial charge in [0.15, 0.2) is 0 Å². The number of aromatic nitrogens is 1. The highest BCUT2D eigenvalue weighted by Crippen LogP contribution is 2.37. The summed E-state index contributed by atoms with van der Waals surface area (Å²) in [6.07, 6.45) is 1.96. The van der Waals surface area contributed by atoms with Crippen molar-refractivity contribution < 1.29 is 13.2 Å². The Bertz CT molecular complexity index is 1130. The molecule has 9 heteroatoms. The number of anilines is 1. The summed E-state index contributed by atoms with van der Waals surface area (Å²) in [6.45, 7) is 2.68. The molecule has 1 aliphatic heterocycles. The first-order valence-corrected chi connectivity index (χ1v) is 11.7. The lowest BCUT2D eigenvalue weighted by Gasteiger charge is -2.28. The van der Waals surface area contributed by atoms with Crippen LogP contribution in [0.3, 0.4) is 0 Å². The number of benzene rings is 2. The van der Waals surface area contributed by atoms with E-state index in [1.807, 2.05) is 25.1 Å². The molecule has 0 bridgehead atoms.